The van der Waals surface area contributed by atoms with Gasteiger partial charge in [0.1, 0.15) is 0 Å². The number of hydrogen-bond donors (Lipinski definition) is 4. The Morgan fingerprint density at radius 1 is 1.24 bits per heavy atom. The van der Waals surface area contributed by atoms with Crippen LogP contribution in [0.4, 0.5) is 5.69 Å². The van der Waals surface area contributed by atoms with E-state index >= 15 is 0 Å². The molecule has 1 aromatic rings. The van der Waals surface area contributed by atoms with Crippen molar-refractivity contribution in [1.29, 1.82) is 0 Å². The Bertz CT molecular complexity index is 553. The molecule has 2 heterocycles. The first-order chi connectivity index (χ1) is 10.2. The molecule has 0 spiro atoms. The highest BCUT2D eigenvalue weighted by atomic mass is 16.2. The molecule has 0 bridgehead atoms. The molecule has 4 N–H and O–H groups in total. The molecule has 1 unspecified atom stereocenters. The summed E-state index contributed by atoms with van der Waals surface area (Å²) in [7, 11) is 0. The van der Waals surface area contributed by atoms with Gasteiger partial charge in [-0.3, -0.25) is 9.59 Å². The van der Waals surface area contributed by atoms with E-state index in [0.717, 1.165) is 38.2 Å². The van der Waals surface area contributed by atoms with Crippen molar-refractivity contribution >= 4 is 17.5 Å². The van der Waals surface area contributed by atoms with Gasteiger partial charge in [-0.25, -0.2) is 0 Å². The van der Waals surface area contributed by atoms with E-state index in [1.807, 2.05) is 18.2 Å². The molecule has 0 aromatic heterocycles. The second-order valence-electron chi connectivity index (χ2n) is 5.50. The molecule has 6 heteroatoms. The molecule has 1 saturated heterocycles. The minimum Gasteiger partial charge on any atom is -0.346 e. The number of carbonyl (C=O) groups is 2. The van der Waals surface area contributed by atoms with Crippen LogP contribution in [-0.4, -0.2) is 30.9 Å². The molecule has 0 saturated carbocycles. The first-order valence-electron chi connectivity index (χ1n) is 7.36. The van der Waals surface area contributed by atoms with Crippen molar-refractivity contribution in [3.63, 3.8) is 0 Å². The van der Waals surface area contributed by atoms with Gasteiger partial charge in [-0.15, -0.1) is 0 Å². The van der Waals surface area contributed by atoms with Crippen LogP contribution in [0.15, 0.2) is 18.2 Å². The molecule has 6 nitrogen and oxygen atoms in total. The summed E-state index contributed by atoms with van der Waals surface area (Å²) in [6.07, 6.45) is 1.85. The Balaban J connectivity index is 1.48. The first kappa shape index (κ1) is 14.0. The van der Waals surface area contributed by atoms with Crippen molar-refractivity contribution in [2.24, 2.45) is 0 Å². The maximum atomic E-state index is 11.9. The summed E-state index contributed by atoms with van der Waals surface area (Å²) >= 11 is 0. The largest absolute Gasteiger partial charge is 0.346 e. The van der Waals surface area contributed by atoms with Gasteiger partial charge in [0, 0.05) is 18.8 Å². The van der Waals surface area contributed by atoms with E-state index in [2.05, 4.69) is 21.3 Å². The molecule has 3 rings (SSSR count). The van der Waals surface area contributed by atoms with Gasteiger partial charge in [0.2, 0.25) is 11.8 Å². The fourth-order valence-electron chi connectivity index (χ4n) is 2.78. The van der Waals surface area contributed by atoms with Crippen molar-refractivity contribution in [2.45, 2.75) is 32.0 Å². The predicted octanol–water partition coefficient (Wildman–Crippen LogP) is 0.0965. The Morgan fingerprint density at radius 2 is 2.10 bits per heavy atom. The van der Waals surface area contributed by atoms with Crippen molar-refractivity contribution in [1.82, 2.24) is 16.0 Å². The summed E-state index contributed by atoms with van der Waals surface area (Å²) in [6.45, 7) is 2.59. The molecule has 2 amide bonds. The number of carbonyl (C=O) groups excluding carboxylic acids is 2. The zero-order valence-electron chi connectivity index (χ0n) is 11.9. The fourth-order valence-corrected chi connectivity index (χ4v) is 2.78. The van der Waals surface area contributed by atoms with Crippen molar-refractivity contribution < 1.29 is 9.59 Å². The lowest BCUT2D eigenvalue weighted by atomic mass is 10.1. The highest BCUT2D eigenvalue weighted by Gasteiger charge is 2.22. The van der Waals surface area contributed by atoms with Gasteiger partial charge in [-0.05, 0) is 42.6 Å². The van der Waals surface area contributed by atoms with E-state index in [1.165, 1.54) is 11.1 Å². The molecule has 21 heavy (non-hydrogen) atoms. The number of anilines is 1. The van der Waals surface area contributed by atoms with Crippen LogP contribution in [0.1, 0.15) is 24.0 Å². The van der Waals surface area contributed by atoms with Crippen molar-refractivity contribution in [3.05, 3.63) is 29.3 Å². The molecule has 1 aromatic carbocycles. The smallest absolute Gasteiger partial charge is 0.243 e. The van der Waals surface area contributed by atoms with E-state index in [9.17, 15) is 9.59 Å². The Kier molecular flexibility index (Phi) is 4.17. The Morgan fingerprint density at radius 3 is 2.90 bits per heavy atom. The van der Waals surface area contributed by atoms with Crippen LogP contribution in [0.2, 0.25) is 0 Å². The highest BCUT2D eigenvalue weighted by Crippen LogP contribution is 2.19. The van der Waals surface area contributed by atoms with Crippen molar-refractivity contribution in [2.75, 3.05) is 18.4 Å². The number of benzene rings is 1. The monoisotopic (exact) mass is 288 g/mol. The average Bonchev–Trinajstić information content (AvgIpc) is 3.15. The molecule has 2 aliphatic rings. The topological polar surface area (TPSA) is 82.3 Å². The lowest BCUT2D eigenvalue weighted by Crippen LogP contribution is -2.43. The number of amides is 2. The van der Waals surface area contributed by atoms with Gasteiger partial charge in [0.25, 0.3) is 0 Å². The number of fused-ring (bicyclic) bond motifs is 1. The summed E-state index contributed by atoms with van der Waals surface area (Å²) in [6, 6.07) is 5.74. The third-order valence-electron chi connectivity index (χ3n) is 3.92. The fraction of sp³-hybridized carbons (Fsp3) is 0.467. The summed E-state index contributed by atoms with van der Waals surface area (Å²) in [5, 5.41) is 11.9. The average molecular weight is 288 g/mol. The van der Waals surface area contributed by atoms with Crippen LogP contribution in [0.25, 0.3) is 0 Å². The zero-order valence-corrected chi connectivity index (χ0v) is 11.9. The van der Waals surface area contributed by atoms with Gasteiger partial charge >= 0.3 is 0 Å². The Labute approximate surface area is 123 Å². The number of rotatable bonds is 4. The van der Waals surface area contributed by atoms with Crippen LogP contribution in [0.5, 0.6) is 0 Å². The third kappa shape index (κ3) is 3.40. The van der Waals surface area contributed by atoms with Crippen LogP contribution < -0.4 is 21.3 Å². The summed E-state index contributed by atoms with van der Waals surface area (Å²) < 4.78 is 0. The maximum absolute atomic E-state index is 11.9. The van der Waals surface area contributed by atoms with Crippen LogP contribution in [0, 0.1) is 0 Å². The Hall–Kier alpha value is -1.92. The van der Waals surface area contributed by atoms with Crippen LogP contribution >= 0.6 is 0 Å². The van der Waals surface area contributed by atoms with E-state index in [0.29, 0.717) is 0 Å². The van der Waals surface area contributed by atoms with Crippen molar-refractivity contribution in [3.8, 4) is 0 Å². The van der Waals surface area contributed by atoms with Gasteiger partial charge in [-0.1, -0.05) is 6.07 Å². The summed E-state index contributed by atoms with van der Waals surface area (Å²) in [5.41, 5.74) is 3.26. The van der Waals surface area contributed by atoms with Gasteiger partial charge in [0.15, 0.2) is 0 Å². The molecular formula is C15H20N4O2. The second-order valence-corrected chi connectivity index (χ2v) is 5.50. The zero-order chi connectivity index (χ0) is 14.7. The number of nitrogens with one attached hydrogen (secondary N) is 4. The SMILES string of the molecule is O=C(CNC(=O)C1CCCN1)Nc1ccc2c(c1)CNC2. The second kappa shape index (κ2) is 6.24. The van der Waals surface area contributed by atoms with Crippen LogP contribution in [-0.2, 0) is 22.7 Å². The van der Waals surface area contributed by atoms with Crippen LogP contribution in [0.3, 0.4) is 0 Å². The number of hydrogen-bond acceptors (Lipinski definition) is 4. The van der Waals surface area contributed by atoms with Gasteiger partial charge in [0.05, 0.1) is 12.6 Å². The van der Waals surface area contributed by atoms with E-state index in [4.69, 9.17) is 0 Å². The molecule has 2 aliphatic heterocycles. The minimum atomic E-state index is -0.202. The molecule has 0 radical (unpaired) electrons. The lowest BCUT2D eigenvalue weighted by Gasteiger charge is -2.11. The standard InChI is InChI=1S/C15H20N4O2/c20-14(9-18-15(21)13-2-1-5-17-13)19-12-4-3-10-7-16-8-11(10)6-12/h3-4,6,13,16-17H,1-2,5,7-9H2,(H,18,21)(H,19,20). The van der Waals surface area contributed by atoms with Gasteiger partial charge in [-0.2, -0.15) is 0 Å². The quantitative estimate of drug-likeness (QED) is 0.633. The molecule has 1 atom stereocenters. The third-order valence-corrected chi connectivity index (χ3v) is 3.92. The summed E-state index contributed by atoms with van der Waals surface area (Å²) in [4.78, 5) is 23.7. The van der Waals surface area contributed by atoms with E-state index in [1.54, 1.807) is 0 Å². The van der Waals surface area contributed by atoms with Gasteiger partial charge < -0.3 is 21.3 Å². The molecule has 1 fully saturated rings. The summed E-state index contributed by atoms with van der Waals surface area (Å²) in [5.74, 6) is -0.298. The van der Waals surface area contributed by atoms with E-state index < -0.39 is 0 Å². The normalized spacial score (nSPS) is 20.1. The highest BCUT2D eigenvalue weighted by molar-refractivity contribution is 5.95. The molecule has 0 aliphatic carbocycles. The maximum Gasteiger partial charge on any atom is 0.243 e. The van der Waals surface area contributed by atoms with E-state index in [-0.39, 0.29) is 24.4 Å². The molecule has 112 valence electrons. The minimum absolute atomic E-state index is 0.00630. The lowest BCUT2D eigenvalue weighted by molar-refractivity contribution is -0.125. The first-order valence-corrected chi connectivity index (χ1v) is 7.36. The molecular weight excluding hydrogens is 268 g/mol. The predicted molar refractivity (Wildman–Crippen MR) is 79.6 cm³/mol.